The number of halogens is 1. The monoisotopic (exact) mass is 487 g/mol. The predicted octanol–water partition coefficient (Wildman–Crippen LogP) is 4.87. The van der Waals surface area contributed by atoms with Gasteiger partial charge in [-0.25, -0.2) is 0 Å². The maximum absolute atomic E-state index is 11.5. The van der Waals surface area contributed by atoms with E-state index < -0.39 is 21.2 Å². The van der Waals surface area contributed by atoms with E-state index in [-0.39, 0.29) is 22.9 Å². The zero-order valence-corrected chi connectivity index (χ0v) is 17.1. The van der Waals surface area contributed by atoms with Crippen LogP contribution < -0.4 is 10.7 Å². The normalized spacial score (nSPS) is 10.7. The van der Waals surface area contributed by atoms with Crippen molar-refractivity contribution in [3.63, 3.8) is 0 Å². The standard InChI is InChI=1S/C19H14BrN5O6/c20-12-2-4-13(5-3-12)22-14-8-15(17(25(30)31)9-16(14)24(28)29)23-21-10-11-1-6-18(26)19(27)7-11/h1-10,22-23,26-27H/b21-10+. The molecule has 11 nitrogen and oxygen atoms in total. The Morgan fingerprint density at radius 2 is 1.52 bits per heavy atom. The number of nitro benzene ring substituents is 2. The van der Waals surface area contributed by atoms with Crippen LogP contribution in [0.5, 0.6) is 11.5 Å². The first kappa shape index (κ1) is 21.5. The third-order valence-electron chi connectivity index (χ3n) is 4.03. The fraction of sp³-hybridized carbons (Fsp3) is 0. The van der Waals surface area contributed by atoms with E-state index in [0.717, 1.165) is 10.5 Å². The van der Waals surface area contributed by atoms with Gasteiger partial charge >= 0.3 is 5.69 Å². The van der Waals surface area contributed by atoms with Crippen LogP contribution in [-0.2, 0) is 0 Å². The number of hydrazone groups is 1. The molecule has 0 amide bonds. The first-order valence-corrected chi connectivity index (χ1v) is 9.34. The lowest BCUT2D eigenvalue weighted by atomic mass is 10.2. The van der Waals surface area contributed by atoms with Gasteiger partial charge in [0.15, 0.2) is 11.5 Å². The maximum Gasteiger partial charge on any atom is 0.301 e. The third-order valence-corrected chi connectivity index (χ3v) is 4.56. The van der Waals surface area contributed by atoms with Gasteiger partial charge in [-0.3, -0.25) is 25.7 Å². The molecule has 0 bridgehead atoms. The van der Waals surface area contributed by atoms with Crippen LogP contribution in [0, 0.1) is 20.2 Å². The molecule has 0 aliphatic rings. The lowest BCUT2D eigenvalue weighted by molar-refractivity contribution is -0.393. The Morgan fingerprint density at radius 1 is 0.871 bits per heavy atom. The Kier molecular flexibility index (Phi) is 6.31. The van der Waals surface area contributed by atoms with Gasteiger partial charge in [0.25, 0.3) is 5.69 Å². The minimum atomic E-state index is -0.763. The second-order valence-electron chi connectivity index (χ2n) is 6.15. The topological polar surface area (TPSA) is 163 Å². The van der Waals surface area contributed by atoms with E-state index >= 15 is 0 Å². The summed E-state index contributed by atoms with van der Waals surface area (Å²) < 4.78 is 0.813. The van der Waals surface area contributed by atoms with E-state index in [1.165, 1.54) is 30.5 Å². The van der Waals surface area contributed by atoms with Gasteiger partial charge < -0.3 is 15.5 Å². The second-order valence-corrected chi connectivity index (χ2v) is 7.07. The minimum absolute atomic E-state index is 0.0258. The summed E-state index contributed by atoms with van der Waals surface area (Å²) in [6, 6.07) is 12.8. The van der Waals surface area contributed by atoms with Gasteiger partial charge in [0.05, 0.1) is 22.1 Å². The molecule has 12 heteroatoms. The van der Waals surface area contributed by atoms with Gasteiger partial charge in [-0.05, 0) is 48.0 Å². The zero-order chi connectivity index (χ0) is 22.5. The minimum Gasteiger partial charge on any atom is -0.504 e. The Balaban J connectivity index is 1.96. The quantitative estimate of drug-likeness (QED) is 0.158. The average Bonchev–Trinajstić information content (AvgIpc) is 2.72. The summed E-state index contributed by atoms with van der Waals surface area (Å²) in [6.07, 6.45) is 1.26. The number of nitrogens with zero attached hydrogens (tertiary/aromatic N) is 3. The highest BCUT2D eigenvalue weighted by molar-refractivity contribution is 9.10. The summed E-state index contributed by atoms with van der Waals surface area (Å²) >= 11 is 3.30. The molecular formula is C19H14BrN5O6. The van der Waals surface area contributed by atoms with Crippen molar-refractivity contribution in [1.29, 1.82) is 0 Å². The fourth-order valence-corrected chi connectivity index (χ4v) is 2.82. The molecule has 0 aliphatic carbocycles. The molecule has 0 fully saturated rings. The van der Waals surface area contributed by atoms with Crippen LogP contribution in [0.1, 0.15) is 5.56 Å². The molecule has 31 heavy (non-hydrogen) atoms. The van der Waals surface area contributed by atoms with Crippen LogP contribution >= 0.6 is 15.9 Å². The highest BCUT2D eigenvalue weighted by Gasteiger charge is 2.24. The average molecular weight is 488 g/mol. The van der Waals surface area contributed by atoms with Crippen LogP contribution in [-0.4, -0.2) is 26.3 Å². The van der Waals surface area contributed by atoms with E-state index in [9.17, 15) is 30.4 Å². The van der Waals surface area contributed by atoms with E-state index in [2.05, 4.69) is 31.8 Å². The highest BCUT2D eigenvalue weighted by atomic mass is 79.9. The molecule has 0 aliphatic heterocycles. The summed E-state index contributed by atoms with van der Waals surface area (Å²) in [5.41, 5.74) is 2.35. The lowest BCUT2D eigenvalue weighted by Crippen LogP contribution is -2.03. The lowest BCUT2D eigenvalue weighted by Gasteiger charge is -2.10. The van der Waals surface area contributed by atoms with E-state index in [1.54, 1.807) is 24.3 Å². The molecule has 0 spiro atoms. The van der Waals surface area contributed by atoms with Gasteiger partial charge in [0, 0.05) is 16.2 Å². The molecule has 158 valence electrons. The Morgan fingerprint density at radius 3 is 2.13 bits per heavy atom. The van der Waals surface area contributed by atoms with Gasteiger partial charge in [0.2, 0.25) is 0 Å². The van der Waals surface area contributed by atoms with Crippen molar-refractivity contribution in [3.8, 4) is 11.5 Å². The summed E-state index contributed by atoms with van der Waals surface area (Å²) in [6.45, 7) is 0. The van der Waals surface area contributed by atoms with Gasteiger partial charge in [-0.15, -0.1) is 0 Å². The maximum atomic E-state index is 11.5. The van der Waals surface area contributed by atoms with Crippen molar-refractivity contribution in [3.05, 3.63) is 84.9 Å². The molecule has 0 aromatic heterocycles. The number of hydrogen-bond donors (Lipinski definition) is 4. The highest BCUT2D eigenvalue weighted by Crippen LogP contribution is 2.37. The smallest absolute Gasteiger partial charge is 0.301 e. The first-order chi connectivity index (χ1) is 14.7. The Hall–Kier alpha value is -4.19. The van der Waals surface area contributed by atoms with Crippen molar-refractivity contribution in [2.24, 2.45) is 5.10 Å². The van der Waals surface area contributed by atoms with Gasteiger partial charge in [-0.1, -0.05) is 15.9 Å². The van der Waals surface area contributed by atoms with E-state index in [0.29, 0.717) is 11.3 Å². The largest absolute Gasteiger partial charge is 0.504 e. The molecule has 4 N–H and O–H groups in total. The summed E-state index contributed by atoms with van der Waals surface area (Å²) in [5.74, 6) is -0.661. The Labute approximate surface area is 183 Å². The molecule has 3 aromatic carbocycles. The zero-order valence-electron chi connectivity index (χ0n) is 15.5. The number of nitro groups is 2. The number of anilines is 3. The van der Waals surface area contributed by atoms with Crippen molar-refractivity contribution in [2.75, 3.05) is 10.7 Å². The number of aromatic hydroxyl groups is 2. The number of phenolic OH excluding ortho intramolecular Hbond substituents is 2. The molecule has 0 atom stereocenters. The van der Waals surface area contributed by atoms with Crippen LogP contribution in [0.4, 0.5) is 28.4 Å². The van der Waals surface area contributed by atoms with E-state index in [1.807, 2.05) is 0 Å². The fourth-order valence-electron chi connectivity index (χ4n) is 2.55. The van der Waals surface area contributed by atoms with Crippen LogP contribution in [0.15, 0.2) is 64.2 Å². The molecule has 0 unspecified atom stereocenters. The molecule has 0 heterocycles. The summed E-state index contributed by atoms with van der Waals surface area (Å²) in [4.78, 5) is 21.4. The van der Waals surface area contributed by atoms with Crippen molar-refractivity contribution >= 4 is 50.6 Å². The number of phenols is 2. The number of hydrogen-bond acceptors (Lipinski definition) is 9. The van der Waals surface area contributed by atoms with Crippen LogP contribution in [0.25, 0.3) is 0 Å². The van der Waals surface area contributed by atoms with Crippen molar-refractivity contribution < 1.29 is 20.1 Å². The van der Waals surface area contributed by atoms with Gasteiger partial charge in [0.1, 0.15) is 11.4 Å². The second kappa shape index (κ2) is 9.09. The Bertz CT molecular complexity index is 1180. The molecule has 0 radical (unpaired) electrons. The molecular weight excluding hydrogens is 474 g/mol. The van der Waals surface area contributed by atoms with Crippen LogP contribution in [0.2, 0.25) is 0 Å². The van der Waals surface area contributed by atoms with Crippen molar-refractivity contribution in [2.45, 2.75) is 0 Å². The predicted molar refractivity (Wildman–Crippen MR) is 118 cm³/mol. The third kappa shape index (κ3) is 5.25. The van der Waals surface area contributed by atoms with Crippen molar-refractivity contribution in [1.82, 2.24) is 0 Å². The molecule has 0 saturated heterocycles. The first-order valence-electron chi connectivity index (χ1n) is 8.55. The number of rotatable bonds is 7. The SMILES string of the molecule is O=[N+]([O-])c1cc([N+](=O)[O-])c(Nc2ccc(Br)cc2)cc1N/N=C/c1ccc(O)c(O)c1. The van der Waals surface area contributed by atoms with Crippen LogP contribution in [0.3, 0.4) is 0 Å². The molecule has 0 saturated carbocycles. The summed E-state index contributed by atoms with van der Waals surface area (Å²) in [7, 11) is 0. The van der Waals surface area contributed by atoms with Gasteiger partial charge in [-0.2, -0.15) is 5.10 Å². The number of nitrogens with one attached hydrogen (secondary N) is 2. The molecule has 3 aromatic rings. The van der Waals surface area contributed by atoms with E-state index in [4.69, 9.17) is 0 Å². The molecule has 3 rings (SSSR count). The summed E-state index contributed by atoms with van der Waals surface area (Å²) in [5, 5.41) is 48.5. The number of benzene rings is 3.